The Morgan fingerprint density at radius 2 is 1.66 bits per heavy atom. The van der Waals surface area contributed by atoms with Gasteiger partial charge in [0.05, 0.1) is 25.4 Å². The Morgan fingerprint density at radius 1 is 0.971 bits per heavy atom. The molecule has 0 radical (unpaired) electrons. The van der Waals surface area contributed by atoms with Gasteiger partial charge in [-0.05, 0) is 67.9 Å². The van der Waals surface area contributed by atoms with Gasteiger partial charge in [0, 0.05) is 12.5 Å². The molecule has 0 fully saturated rings. The molecule has 0 spiro atoms. The van der Waals surface area contributed by atoms with Crippen LogP contribution in [0.4, 0.5) is 0 Å². The number of ether oxygens (including phenoxy) is 3. The quantitative estimate of drug-likeness (QED) is 0.301. The molecule has 1 unspecified atom stereocenters. The molecule has 1 aromatic heterocycles. The lowest BCUT2D eigenvalue weighted by atomic mass is 10.1. The van der Waals surface area contributed by atoms with E-state index in [1.807, 2.05) is 39.1 Å². The Balaban J connectivity index is 1.66. The molecule has 190 valence electrons. The van der Waals surface area contributed by atoms with Crippen molar-refractivity contribution in [2.24, 2.45) is 0 Å². The van der Waals surface area contributed by atoms with Crippen LogP contribution in [-0.4, -0.2) is 47.4 Å². The van der Waals surface area contributed by atoms with Crippen LogP contribution < -0.4 is 14.2 Å². The van der Waals surface area contributed by atoms with E-state index in [0.29, 0.717) is 23.0 Å². The van der Waals surface area contributed by atoms with Crippen LogP contribution in [0.1, 0.15) is 44.4 Å². The molecule has 1 atom stereocenters. The number of furan rings is 1. The summed E-state index contributed by atoms with van der Waals surface area (Å²) < 4.78 is 48.5. The summed E-state index contributed by atoms with van der Waals surface area (Å²) in [4.78, 5) is 2.56. The van der Waals surface area contributed by atoms with Crippen LogP contribution in [0.25, 0.3) is 0 Å². The van der Waals surface area contributed by atoms with Crippen molar-refractivity contribution >= 4 is 9.84 Å². The summed E-state index contributed by atoms with van der Waals surface area (Å²) in [5.74, 6) is 2.47. The van der Waals surface area contributed by atoms with Gasteiger partial charge in [-0.1, -0.05) is 26.8 Å². The van der Waals surface area contributed by atoms with Crippen LogP contribution in [0.2, 0.25) is 0 Å². The molecule has 0 amide bonds. The molecular weight excluding hydrogens is 466 g/mol. The minimum absolute atomic E-state index is 0.0303. The molecule has 3 aromatic rings. The van der Waals surface area contributed by atoms with E-state index in [1.165, 1.54) is 12.3 Å². The zero-order valence-corrected chi connectivity index (χ0v) is 22.1. The van der Waals surface area contributed by atoms with Crippen LogP contribution >= 0.6 is 0 Å². The Labute approximate surface area is 208 Å². The van der Waals surface area contributed by atoms with Gasteiger partial charge in [-0.3, -0.25) is 4.90 Å². The molecule has 0 aliphatic rings. The van der Waals surface area contributed by atoms with Crippen LogP contribution in [0.3, 0.4) is 0 Å². The zero-order valence-electron chi connectivity index (χ0n) is 21.3. The van der Waals surface area contributed by atoms with Crippen molar-refractivity contribution in [1.82, 2.24) is 4.90 Å². The number of nitrogens with zero attached hydrogens (tertiary/aromatic N) is 1. The Bertz CT molecular complexity index is 1200. The summed E-state index contributed by atoms with van der Waals surface area (Å²) in [6.45, 7) is 6.64. The van der Waals surface area contributed by atoms with Crippen molar-refractivity contribution in [3.8, 4) is 17.2 Å². The fourth-order valence-electron chi connectivity index (χ4n) is 3.90. The van der Waals surface area contributed by atoms with E-state index in [4.69, 9.17) is 18.6 Å². The first-order valence-electron chi connectivity index (χ1n) is 11.7. The molecule has 0 saturated heterocycles. The first-order valence-corrected chi connectivity index (χ1v) is 13.2. The first-order chi connectivity index (χ1) is 16.7. The number of methoxy groups -OCH3 is 2. The first kappa shape index (κ1) is 26.6. The number of benzene rings is 2. The van der Waals surface area contributed by atoms with Crippen molar-refractivity contribution in [3.05, 3.63) is 66.1 Å². The van der Waals surface area contributed by atoms with Crippen LogP contribution in [0, 0.1) is 0 Å². The maximum atomic E-state index is 13.1. The van der Waals surface area contributed by atoms with Gasteiger partial charge in [-0.15, -0.1) is 0 Å². The molecule has 0 aliphatic heterocycles. The molecule has 0 bridgehead atoms. The zero-order chi connectivity index (χ0) is 25.6. The Morgan fingerprint density at radius 3 is 2.26 bits per heavy atom. The molecule has 8 heteroatoms. The summed E-state index contributed by atoms with van der Waals surface area (Å²) in [6, 6.07) is 14.0. The molecule has 7 nitrogen and oxygen atoms in total. The molecule has 0 N–H and O–H groups in total. The Hall–Kier alpha value is -2.97. The predicted octanol–water partition coefficient (Wildman–Crippen LogP) is 5.54. The number of sulfone groups is 1. The third-order valence-corrected chi connectivity index (χ3v) is 7.73. The minimum atomic E-state index is -3.67. The highest BCUT2D eigenvalue weighted by atomic mass is 32.2. The lowest BCUT2D eigenvalue weighted by molar-refractivity contribution is 0.0427. The monoisotopic (exact) mass is 501 g/mol. The molecule has 0 aliphatic carbocycles. The van der Waals surface area contributed by atoms with Gasteiger partial charge < -0.3 is 18.6 Å². The highest BCUT2D eigenvalue weighted by Gasteiger charge is 2.25. The highest BCUT2D eigenvalue weighted by Crippen LogP contribution is 2.31. The maximum Gasteiger partial charge on any atom is 0.210 e. The third kappa shape index (κ3) is 6.18. The SMILES string of the molecule is CCC(Oc1ccc(S(=O)(=O)c2ccoc2C(C)C)cc1)N(C)CCc1ccc(OC)c(OC)c1. The van der Waals surface area contributed by atoms with E-state index < -0.39 is 9.84 Å². The van der Waals surface area contributed by atoms with Crippen molar-refractivity contribution in [3.63, 3.8) is 0 Å². The number of likely N-dealkylation sites (N-methyl/N-ethyl adjacent to an activating group) is 1. The summed E-state index contributed by atoms with van der Waals surface area (Å²) in [6.07, 6.45) is 2.86. The van der Waals surface area contributed by atoms with Crippen molar-refractivity contribution in [1.29, 1.82) is 0 Å². The second-order valence-corrected chi connectivity index (χ2v) is 10.6. The standard InChI is InChI=1S/C27H35NO6S/c1-7-26(28(4)16-14-20-8-13-23(31-5)24(18-20)32-6)34-21-9-11-22(12-10-21)35(29,30)25-15-17-33-27(25)19(2)3/h8-13,15,17-19,26H,7,14,16H2,1-6H3. The predicted molar refractivity (Wildman–Crippen MR) is 135 cm³/mol. The van der Waals surface area contributed by atoms with Crippen LogP contribution in [0.15, 0.2) is 69.0 Å². The number of hydrogen-bond donors (Lipinski definition) is 0. The molecule has 2 aromatic carbocycles. The van der Waals surface area contributed by atoms with Crippen molar-refractivity contribution in [2.75, 3.05) is 27.8 Å². The largest absolute Gasteiger partial charge is 0.493 e. The topological polar surface area (TPSA) is 78.2 Å². The minimum Gasteiger partial charge on any atom is -0.493 e. The average Bonchev–Trinajstić information content (AvgIpc) is 3.37. The lowest BCUT2D eigenvalue weighted by Gasteiger charge is -2.28. The van der Waals surface area contributed by atoms with Gasteiger partial charge in [-0.25, -0.2) is 8.42 Å². The van der Waals surface area contributed by atoms with E-state index in [-0.39, 0.29) is 21.9 Å². The number of hydrogen-bond acceptors (Lipinski definition) is 7. The summed E-state index contributed by atoms with van der Waals surface area (Å²) in [5.41, 5.74) is 1.14. The van der Waals surface area contributed by atoms with Crippen molar-refractivity contribution in [2.45, 2.75) is 55.5 Å². The summed E-state index contributed by atoms with van der Waals surface area (Å²) in [5, 5.41) is 0. The van der Waals surface area contributed by atoms with E-state index in [9.17, 15) is 8.42 Å². The van der Waals surface area contributed by atoms with E-state index in [0.717, 1.165) is 24.9 Å². The van der Waals surface area contributed by atoms with Gasteiger partial charge in [0.15, 0.2) is 17.7 Å². The van der Waals surface area contributed by atoms with Gasteiger partial charge in [-0.2, -0.15) is 0 Å². The third-order valence-electron chi connectivity index (χ3n) is 5.92. The second kappa shape index (κ2) is 11.6. The van der Waals surface area contributed by atoms with Crippen LogP contribution in [0.5, 0.6) is 17.2 Å². The lowest BCUT2D eigenvalue weighted by Crippen LogP contribution is -2.37. The van der Waals surface area contributed by atoms with E-state index >= 15 is 0 Å². The Kier molecular flexibility index (Phi) is 8.86. The average molecular weight is 502 g/mol. The number of rotatable bonds is 12. The smallest absolute Gasteiger partial charge is 0.210 e. The van der Waals surface area contributed by atoms with Gasteiger partial charge >= 0.3 is 0 Å². The second-order valence-electron chi connectivity index (χ2n) is 8.68. The molecule has 1 heterocycles. The fourth-order valence-corrected chi connectivity index (χ4v) is 5.44. The van der Waals surface area contributed by atoms with Crippen molar-refractivity contribution < 1.29 is 27.0 Å². The van der Waals surface area contributed by atoms with Gasteiger partial charge in [0.1, 0.15) is 16.4 Å². The maximum absolute atomic E-state index is 13.1. The molecular formula is C27H35NO6S. The van der Waals surface area contributed by atoms with Crippen LogP contribution in [-0.2, 0) is 16.3 Å². The van der Waals surface area contributed by atoms with E-state index in [1.54, 1.807) is 38.5 Å². The molecule has 35 heavy (non-hydrogen) atoms. The summed E-state index contributed by atoms with van der Waals surface area (Å²) >= 11 is 0. The highest BCUT2D eigenvalue weighted by molar-refractivity contribution is 7.91. The van der Waals surface area contributed by atoms with Gasteiger partial charge in [0.25, 0.3) is 0 Å². The van der Waals surface area contributed by atoms with Gasteiger partial charge in [0.2, 0.25) is 9.84 Å². The molecule has 0 saturated carbocycles. The normalized spacial score (nSPS) is 12.7. The van der Waals surface area contributed by atoms with E-state index in [2.05, 4.69) is 11.8 Å². The summed E-state index contributed by atoms with van der Waals surface area (Å²) in [7, 11) is 1.60. The molecule has 3 rings (SSSR count). The fraction of sp³-hybridized carbons (Fsp3) is 0.407.